The number of methoxy groups -OCH3 is 1. The minimum Gasteiger partial charge on any atom is -0.497 e. The minimum atomic E-state index is 0.384. The fraction of sp³-hybridized carbons (Fsp3) is 0.571. The van der Waals surface area contributed by atoms with E-state index in [0.29, 0.717) is 12.0 Å². The van der Waals surface area contributed by atoms with Crippen molar-refractivity contribution in [1.82, 2.24) is 0 Å². The van der Waals surface area contributed by atoms with E-state index in [-0.39, 0.29) is 0 Å². The van der Waals surface area contributed by atoms with Crippen LogP contribution in [0.2, 0.25) is 0 Å². The van der Waals surface area contributed by atoms with Crippen LogP contribution in [-0.2, 0) is 0 Å². The Bertz CT molecular complexity index is 320. The summed E-state index contributed by atoms with van der Waals surface area (Å²) in [6, 6.07) is 8.84. The summed E-state index contributed by atoms with van der Waals surface area (Å²) in [6.45, 7) is 0. The Kier molecular flexibility index (Phi) is 3.83. The first-order valence-corrected chi connectivity index (χ1v) is 6.19. The van der Waals surface area contributed by atoms with Crippen LogP contribution in [0.5, 0.6) is 5.75 Å². The van der Waals surface area contributed by atoms with E-state index >= 15 is 0 Å². The van der Waals surface area contributed by atoms with Crippen LogP contribution in [0.15, 0.2) is 24.3 Å². The maximum atomic E-state index is 6.09. The molecule has 1 aliphatic carbocycles. The molecule has 0 amide bonds. The molecule has 2 unspecified atom stereocenters. The predicted octanol–water partition coefficient (Wildman–Crippen LogP) is 3.07. The van der Waals surface area contributed by atoms with Gasteiger partial charge in [-0.15, -0.1) is 0 Å². The van der Waals surface area contributed by atoms with E-state index in [1.165, 1.54) is 31.2 Å². The number of ether oxygens (including phenoxy) is 1. The van der Waals surface area contributed by atoms with Crippen molar-refractivity contribution in [2.75, 3.05) is 7.11 Å². The van der Waals surface area contributed by atoms with Crippen molar-refractivity contribution < 1.29 is 4.74 Å². The highest BCUT2D eigenvalue weighted by Crippen LogP contribution is 2.31. The number of rotatable bonds is 2. The van der Waals surface area contributed by atoms with E-state index in [4.69, 9.17) is 10.5 Å². The summed E-state index contributed by atoms with van der Waals surface area (Å²) in [5.41, 5.74) is 7.51. The third-order valence-electron chi connectivity index (χ3n) is 3.55. The lowest BCUT2D eigenvalue weighted by Crippen LogP contribution is -2.20. The van der Waals surface area contributed by atoms with Gasteiger partial charge in [0.1, 0.15) is 5.75 Å². The molecular weight excluding hydrogens is 198 g/mol. The smallest absolute Gasteiger partial charge is 0.118 e. The largest absolute Gasteiger partial charge is 0.497 e. The lowest BCUT2D eigenvalue weighted by molar-refractivity contribution is 0.414. The standard InChI is InChI=1S/C14H21NO/c1-16-14-8-6-11(7-9-14)12-4-2-3-5-13(15)10-12/h6-9,12-13H,2-5,10,15H2,1H3. The molecule has 16 heavy (non-hydrogen) atoms. The van der Waals surface area contributed by atoms with Gasteiger partial charge in [-0.2, -0.15) is 0 Å². The van der Waals surface area contributed by atoms with E-state index in [0.717, 1.165) is 12.2 Å². The van der Waals surface area contributed by atoms with Gasteiger partial charge in [-0.25, -0.2) is 0 Å². The van der Waals surface area contributed by atoms with E-state index in [1.807, 2.05) is 12.1 Å². The second-order valence-electron chi connectivity index (χ2n) is 4.75. The van der Waals surface area contributed by atoms with Crippen LogP contribution in [0.4, 0.5) is 0 Å². The third-order valence-corrected chi connectivity index (χ3v) is 3.55. The predicted molar refractivity (Wildman–Crippen MR) is 66.8 cm³/mol. The Morgan fingerprint density at radius 2 is 1.81 bits per heavy atom. The van der Waals surface area contributed by atoms with Crippen LogP contribution in [0.1, 0.15) is 43.6 Å². The van der Waals surface area contributed by atoms with Crippen molar-refractivity contribution in [1.29, 1.82) is 0 Å². The van der Waals surface area contributed by atoms with Gasteiger partial charge in [0.05, 0.1) is 7.11 Å². The average molecular weight is 219 g/mol. The van der Waals surface area contributed by atoms with Crippen molar-refractivity contribution in [3.63, 3.8) is 0 Å². The van der Waals surface area contributed by atoms with Gasteiger partial charge in [-0.05, 0) is 42.9 Å². The van der Waals surface area contributed by atoms with Gasteiger partial charge in [0, 0.05) is 6.04 Å². The Hall–Kier alpha value is -1.02. The van der Waals surface area contributed by atoms with Crippen LogP contribution >= 0.6 is 0 Å². The Morgan fingerprint density at radius 3 is 2.50 bits per heavy atom. The molecule has 0 radical (unpaired) electrons. The summed E-state index contributed by atoms with van der Waals surface area (Å²) in [4.78, 5) is 0. The molecule has 1 fully saturated rings. The lowest BCUT2D eigenvalue weighted by atomic mass is 9.90. The summed E-state index contributed by atoms with van der Waals surface area (Å²) in [5.74, 6) is 1.57. The molecule has 2 nitrogen and oxygen atoms in total. The third kappa shape index (κ3) is 2.76. The Morgan fingerprint density at radius 1 is 1.12 bits per heavy atom. The molecule has 0 bridgehead atoms. The molecule has 1 aromatic carbocycles. The molecule has 1 saturated carbocycles. The average Bonchev–Trinajstić information content (AvgIpc) is 2.54. The topological polar surface area (TPSA) is 35.2 Å². The highest BCUT2D eigenvalue weighted by atomic mass is 16.5. The summed E-state index contributed by atoms with van der Waals surface area (Å²) in [5, 5.41) is 0. The molecule has 2 rings (SSSR count). The SMILES string of the molecule is COc1ccc(C2CCCCC(N)C2)cc1. The summed E-state index contributed by atoms with van der Waals surface area (Å²) in [7, 11) is 1.70. The molecule has 1 aromatic rings. The van der Waals surface area contributed by atoms with Gasteiger partial charge in [0.25, 0.3) is 0 Å². The van der Waals surface area contributed by atoms with Crippen molar-refractivity contribution in [3.8, 4) is 5.75 Å². The van der Waals surface area contributed by atoms with Crippen molar-refractivity contribution in [3.05, 3.63) is 29.8 Å². The number of benzene rings is 1. The second kappa shape index (κ2) is 5.35. The zero-order valence-electron chi connectivity index (χ0n) is 9.99. The van der Waals surface area contributed by atoms with Gasteiger partial charge in [-0.3, -0.25) is 0 Å². The molecule has 1 aliphatic rings. The Balaban J connectivity index is 2.09. The van der Waals surface area contributed by atoms with E-state index < -0.39 is 0 Å². The number of hydrogen-bond acceptors (Lipinski definition) is 2. The highest BCUT2D eigenvalue weighted by molar-refractivity contribution is 5.29. The molecule has 0 aromatic heterocycles. The van der Waals surface area contributed by atoms with Crippen LogP contribution in [0.25, 0.3) is 0 Å². The van der Waals surface area contributed by atoms with E-state index in [2.05, 4.69) is 12.1 Å². The molecule has 88 valence electrons. The normalized spacial score (nSPS) is 26.1. The maximum absolute atomic E-state index is 6.09. The van der Waals surface area contributed by atoms with Crippen molar-refractivity contribution in [2.45, 2.75) is 44.1 Å². The minimum absolute atomic E-state index is 0.384. The van der Waals surface area contributed by atoms with Gasteiger partial charge < -0.3 is 10.5 Å². The highest BCUT2D eigenvalue weighted by Gasteiger charge is 2.18. The number of hydrogen-bond donors (Lipinski definition) is 1. The van der Waals surface area contributed by atoms with Crippen LogP contribution in [-0.4, -0.2) is 13.2 Å². The summed E-state index contributed by atoms with van der Waals surface area (Å²) in [6.07, 6.45) is 6.19. The van der Waals surface area contributed by atoms with E-state index in [1.54, 1.807) is 7.11 Å². The monoisotopic (exact) mass is 219 g/mol. The van der Waals surface area contributed by atoms with Crippen LogP contribution < -0.4 is 10.5 Å². The molecule has 0 heterocycles. The number of nitrogens with two attached hydrogens (primary N) is 1. The van der Waals surface area contributed by atoms with Gasteiger partial charge in [-0.1, -0.05) is 25.0 Å². The maximum Gasteiger partial charge on any atom is 0.118 e. The molecule has 2 N–H and O–H groups in total. The van der Waals surface area contributed by atoms with Gasteiger partial charge >= 0.3 is 0 Å². The van der Waals surface area contributed by atoms with Crippen LogP contribution in [0, 0.1) is 0 Å². The molecular formula is C14H21NO. The van der Waals surface area contributed by atoms with Crippen molar-refractivity contribution >= 4 is 0 Å². The molecule has 0 aliphatic heterocycles. The van der Waals surface area contributed by atoms with E-state index in [9.17, 15) is 0 Å². The first kappa shape index (κ1) is 11.5. The van der Waals surface area contributed by atoms with Crippen LogP contribution in [0.3, 0.4) is 0 Å². The summed E-state index contributed by atoms with van der Waals surface area (Å²) < 4.78 is 5.18. The zero-order chi connectivity index (χ0) is 11.4. The Labute approximate surface area is 97.8 Å². The van der Waals surface area contributed by atoms with Gasteiger partial charge in [0.2, 0.25) is 0 Å². The fourth-order valence-electron chi connectivity index (χ4n) is 2.58. The lowest BCUT2D eigenvalue weighted by Gasteiger charge is -2.17. The first-order chi connectivity index (χ1) is 7.79. The fourth-order valence-corrected chi connectivity index (χ4v) is 2.58. The first-order valence-electron chi connectivity index (χ1n) is 6.19. The summed E-state index contributed by atoms with van der Waals surface area (Å²) >= 11 is 0. The molecule has 0 saturated heterocycles. The van der Waals surface area contributed by atoms with Crippen molar-refractivity contribution in [2.24, 2.45) is 5.73 Å². The second-order valence-corrected chi connectivity index (χ2v) is 4.75. The molecule has 2 heteroatoms. The van der Waals surface area contributed by atoms with Gasteiger partial charge in [0.15, 0.2) is 0 Å². The quantitative estimate of drug-likeness (QED) is 0.776. The zero-order valence-corrected chi connectivity index (χ0v) is 9.99. The molecule has 0 spiro atoms. The molecule has 2 atom stereocenters.